The number of hydrogen-bond donors (Lipinski definition) is 0. The van der Waals surface area contributed by atoms with E-state index in [1.165, 1.54) is 10.9 Å². The minimum absolute atomic E-state index is 0.0443. The Bertz CT molecular complexity index is 829. The summed E-state index contributed by atoms with van der Waals surface area (Å²) in [5.74, 6) is -0.321. The first-order valence-electron chi connectivity index (χ1n) is 9.27. The lowest BCUT2D eigenvalue weighted by Gasteiger charge is -2.41. The molecule has 2 aromatic rings. The van der Waals surface area contributed by atoms with E-state index in [1.54, 1.807) is 16.8 Å². The first-order valence-corrected chi connectivity index (χ1v) is 9.65. The van der Waals surface area contributed by atoms with Gasteiger partial charge in [0.15, 0.2) is 0 Å². The predicted molar refractivity (Wildman–Crippen MR) is 106 cm³/mol. The van der Waals surface area contributed by atoms with Gasteiger partial charge in [0, 0.05) is 19.3 Å². The van der Waals surface area contributed by atoms with Gasteiger partial charge in [-0.3, -0.25) is 14.3 Å². The van der Waals surface area contributed by atoms with Crippen molar-refractivity contribution >= 4 is 29.1 Å². The molecule has 6 nitrogen and oxygen atoms in total. The van der Waals surface area contributed by atoms with E-state index in [2.05, 4.69) is 12.0 Å². The Labute approximate surface area is 164 Å². The van der Waals surface area contributed by atoms with Crippen LogP contribution in [0.2, 0.25) is 5.02 Å². The van der Waals surface area contributed by atoms with Crippen LogP contribution in [0.4, 0.5) is 5.69 Å². The van der Waals surface area contributed by atoms with Crippen molar-refractivity contribution in [1.82, 2.24) is 14.7 Å². The number of unbranched alkanes of at least 4 members (excludes halogenated alkanes) is 1. The zero-order chi connectivity index (χ0) is 19.6. The van der Waals surface area contributed by atoms with E-state index >= 15 is 0 Å². The van der Waals surface area contributed by atoms with Gasteiger partial charge in [0.05, 0.1) is 17.3 Å². The fourth-order valence-electron chi connectivity index (χ4n) is 3.53. The Balaban J connectivity index is 1.89. The molecule has 1 aliphatic rings. The summed E-state index contributed by atoms with van der Waals surface area (Å²) in [5, 5.41) is 4.36. The second kappa shape index (κ2) is 8.13. The Morgan fingerprint density at radius 1 is 1.37 bits per heavy atom. The molecule has 1 atom stereocenters. The van der Waals surface area contributed by atoms with Crippen molar-refractivity contribution in [1.29, 1.82) is 0 Å². The molecule has 7 heteroatoms. The summed E-state index contributed by atoms with van der Waals surface area (Å²) in [4.78, 5) is 29.4. The van der Waals surface area contributed by atoms with Crippen LogP contribution in [-0.2, 0) is 11.8 Å². The highest BCUT2D eigenvalue weighted by atomic mass is 35.5. The third-order valence-corrected chi connectivity index (χ3v) is 5.28. The number of halogens is 1. The Morgan fingerprint density at radius 3 is 2.78 bits per heavy atom. The van der Waals surface area contributed by atoms with Crippen LogP contribution in [0.1, 0.15) is 42.2 Å². The van der Waals surface area contributed by atoms with Crippen LogP contribution in [0, 0.1) is 6.92 Å². The van der Waals surface area contributed by atoms with Gasteiger partial charge in [0.2, 0.25) is 5.91 Å². The molecule has 144 valence electrons. The van der Waals surface area contributed by atoms with Gasteiger partial charge in [-0.1, -0.05) is 43.5 Å². The molecule has 0 radical (unpaired) electrons. The fraction of sp³-hybridized carbons (Fsp3) is 0.450. The Hall–Kier alpha value is -2.34. The molecule has 1 aliphatic heterocycles. The van der Waals surface area contributed by atoms with E-state index in [9.17, 15) is 9.59 Å². The van der Waals surface area contributed by atoms with E-state index in [-0.39, 0.29) is 24.4 Å². The molecule has 0 saturated carbocycles. The number of nitrogens with zero attached hydrogens (tertiary/aromatic N) is 4. The number of anilines is 1. The Morgan fingerprint density at radius 2 is 2.15 bits per heavy atom. The van der Waals surface area contributed by atoms with E-state index in [0.29, 0.717) is 17.3 Å². The van der Waals surface area contributed by atoms with Crippen LogP contribution in [0.3, 0.4) is 0 Å². The zero-order valence-electron chi connectivity index (χ0n) is 16.0. The predicted octanol–water partition coefficient (Wildman–Crippen LogP) is 3.43. The number of aromatic nitrogens is 2. The molecular weight excluding hydrogens is 364 g/mol. The number of amides is 2. The van der Waals surface area contributed by atoms with E-state index in [0.717, 1.165) is 30.5 Å². The van der Waals surface area contributed by atoms with Crippen molar-refractivity contribution < 1.29 is 9.59 Å². The monoisotopic (exact) mass is 388 g/mol. The van der Waals surface area contributed by atoms with Gasteiger partial charge < -0.3 is 9.80 Å². The zero-order valence-corrected chi connectivity index (χ0v) is 16.7. The van der Waals surface area contributed by atoms with E-state index in [4.69, 9.17) is 11.6 Å². The molecule has 0 aliphatic carbocycles. The fourth-order valence-corrected chi connectivity index (χ4v) is 3.78. The number of rotatable bonds is 5. The van der Waals surface area contributed by atoms with Gasteiger partial charge in [-0.15, -0.1) is 0 Å². The highest BCUT2D eigenvalue weighted by Gasteiger charge is 2.37. The number of benzene rings is 1. The van der Waals surface area contributed by atoms with E-state index < -0.39 is 0 Å². The number of carbonyl (C=O) groups is 2. The van der Waals surface area contributed by atoms with Gasteiger partial charge in [0.1, 0.15) is 12.2 Å². The van der Waals surface area contributed by atoms with Crippen LogP contribution < -0.4 is 4.90 Å². The lowest BCUT2D eigenvalue weighted by molar-refractivity contribution is -0.121. The third kappa shape index (κ3) is 4.00. The van der Waals surface area contributed by atoms with Gasteiger partial charge >= 0.3 is 0 Å². The van der Waals surface area contributed by atoms with Gasteiger partial charge in [-0.2, -0.15) is 5.10 Å². The maximum atomic E-state index is 13.1. The largest absolute Gasteiger partial charge is 0.323 e. The smallest absolute Gasteiger partial charge is 0.274 e. The molecule has 1 unspecified atom stereocenters. The lowest BCUT2D eigenvalue weighted by Crippen LogP contribution is -2.58. The van der Waals surface area contributed by atoms with Crippen LogP contribution in [0.15, 0.2) is 30.5 Å². The van der Waals surface area contributed by atoms with Crippen LogP contribution in [0.25, 0.3) is 0 Å². The molecule has 0 N–H and O–H groups in total. The number of aryl methyl sites for hydroxylation is 2. The van der Waals surface area contributed by atoms with Gasteiger partial charge in [-0.25, -0.2) is 0 Å². The van der Waals surface area contributed by atoms with Gasteiger partial charge in [-0.05, 0) is 31.0 Å². The van der Waals surface area contributed by atoms with Crippen LogP contribution >= 0.6 is 11.6 Å². The summed E-state index contributed by atoms with van der Waals surface area (Å²) in [6.45, 7) is 4.66. The van der Waals surface area contributed by atoms with E-state index in [1.807, 2.05) is 31.2 Å². The molecule has 0 spiro atoms. The average molecular weight is 389 g/mol. The van der Waals surface area contributed by atoms with Crippen LogP contribution in [-0.4, -0.2) is 45.6 Å². The maximum absolute atomic E-state index is 13.1. The topological polar surface area (TPSA) is 58.4 Å². The molecule has 1 aromatic heterocycles. The maximum Gasteiger partial charge on any atom is 0.274 e. The summed E-state index contributed by atoms with van der Waals surface area (Å²) in [6, 6.07) is 7.85. The number of piperazine rings is 1. The highest BCUT2D eigenvalue weighted by molar-refractivity contribution is 6.33. The van der Waals surface area contributed by atoms with Crippen molar-refractivity contribution in [3.05, 3.63) is 46.7 Å². The normalized spacial score (nSPS) is 17.5. The summed E-state index contributed by atoms with van der Waals surface area (Å²) < 4.78 is 1.47. The Kier molecular flexibility index (Phi) is 5.85. The molecule has 1 fully saturated rings. The number of carbonyl (C=O) groups excluding carboxylic acids is 2. The minimum Gasteiger partial charge on any atom is -0.323 e. The summed E-state index contributed by atoms with van der Waals surface area (Å²) >= 11 is 6.16. The average Bonchev–Trinajstić information content (AvgIpc) is 2.98. The summed E-state index contributed by atoms with van der Waals surface area (Å²) in [5.41, 5.74) is 2.31. The molecule has 27 heavy (non-hydrogen) atoms. The minimum atomic E-state index is -0.238. The van der Waals surface area contributed by atoms with Crippen molar-refractivity contribution in [2.45, 2.75) is 39.2 Å². The van der Waals surface area contributed by atoms with Crippen molar-refractivity contribution in [2.24, 2.45) is 7.05 Å². The third-order valence-electron chi connectivity index (χ3n) is 5.00. The second-order valence-corrected chi connectivity index (χ2v) is 7.44. The lowest BCUT2D eigenvalue weighted by atomic mass is 10.0. The van der Waals surface area contributed by atoms with Crippen LogP contribution in [0.5, 0.6) is 0 Å². The van der Waals surface area contributed by atoms with Crippen molar-refractivity contribution in [3.8, 4) is 0 Å². The molecule has 0 bridgehead atoms. The van der Waals surface area contributed by atoms with Crippen molar-refractivity contribution in [3.63, 3.8) is 0 Å². The molecular formula is C20H25ClN4O2. The molecule has 1 saturated heterocycles. The summed E-state index contributed by atoms with van der Waals surface area (Å²) in [6.07, 6.45) is 4.32. The quantitative estimate of drug-likeness (QED) is 0.788. The molecule has 2 heterocycles. The summed E-state index contributed by atoms with van der Waals surface area (Å²) in [7, 11) is 1.69. The second-order valence-electron chi connectivity index (χ2n) is 7.04. The number of hydrogen-bond acceptors (Lipinski definition) is 3. The molecule has 3 rings (SSSR count). The first-order chi connectivity index (χ1) is 12.9. The molecule has 2 amide bonds. The first kappa shape index (κ1) is 19.4. The highest BCUT2D eigenvalue weighted by Crippen LogP contribution is 2.26. The van der Waals surface area contributed by atoms with Gasteiger partial charge in [0.25, 0.3) is 5.91 Å². The van der Waals surface area contributed by atoms with Crippen molar-refractivity contribution in [2.75, 3.05) is 18.0 Å². The SMILES string of the molecule is CCCCC1CN(c2cccc(C)c2)C(=O)CN1C(=O)c1c(Cl)cnn1C. The standard InChI is InChI=1S/C20H25ClN4O2/c1-4-5-8-16-12-24(15-9-6-7-14(2)10-15)18(26)13-25(16)20(27)19-17(21)11-22-23(19)3/h6-7,9-11,16H,4-5,8,12-13H2,1-3H3. The molecule has 1 aromatic carbocycles.